The molecule has 6 N–H and O–H groups in total. The first-order chi connectivity index (χ1) is 4.31. The molecule has 0 aliphatic heterocycles. The number of hydrogen-bond donors (Lipinski definition) is 3. The summed E-state index contributed by atoms with van der Waals surface area (Å²) in [7, 11) is 0. The molecule has 3 heteroatoms. The van der Waals surface area contributed by atoms with Gasteiger partial charge in [-0.05, 0) is 19.4 Å². The van der Waals surface area contributed by atoms with Crippen LogP contribution in [0.5, 0.6) is 0 Å². The van der Waals surface area contributed by atoms with Crippen molar-refractivity contribution in [2.45, 2.75) is 25.3 Å². The van der Waals surface area contributed by atoms with Gasteiger partial charge in [0, 0.05) is 12.6 Å². The fraction of sp³-hybridized carbons (Fsp3) is 1.00. The molecule has 0 fully saturated rings. The van der Waals surface area contributed by atoms with Crippen molar-refractivity contribution >= 4 is 0 Å². The molecule has 0 aliphatic carbocycles. The molecule has 0 aromatic rings. The molecule has 0 saturated carbocycles. The molecule has 9 heavy (non-hydrogen) atoms. The van der Waals surface area contributed by atoms with E-state index in [1.807, 2.05) is 0 Å². The number of rotatable bonds is 5. The van der Waals surface area contributed by atoms with Crippen molar-refractivity contribution in [3.63, 3.8) is 0 Å². The molecule has 1 unspecified atom stereocenters. The predicted molar refractivity (Wildman–Crippen MR) is 39.9 cm³/mol. The van der Waals surface area contributed by atoms with E-state index in [4.69, 9.17) is 17.2 Å². The van der Waals surface area contributed by atoms with Crippen LogP contribution in [0.2, 0.25) is 0 Å². The van der Waals surface area contributed by atoms with Crippen molar-refractivity contribution in [3.05, 3.63) is 0 Å². The zero-order valence-corrected chi connectivity index (χ0v) is 5.84. The van der Waals surface area contributed by atoms with Crippen LogP contribution in [0.1, 0.15) is 19.3 Å². The lowest BCUT2D eigenvalue weighted by molar-refractivity contribution is 0.574. The van der Waals surface area contributed by atoms with Crippen LogP contribution in [-0.2, 0) is 0 Å². The molecule has 0 aliphatic rings. The van der Waals surface area contributed by atoms with Gasteiger partial charge in [0.2, 0.25) is 0 Å². The zero-order chi connectivity index (χ0) is 7.11. The largest absolute Gasteiger partial charge is 0.330 e. The Morgan fingerprint density at radius 1 is 1.11 bits per heavy atom. The van der Waals surface area contributed by atoms with Gasteiger partial charge in [-0.25, -0.2) is 0 Å². The Morgan fingerprint density at radius 3 is 2.22 bits per heavy atom. The van der Waals surface area contributed by atoms with Crippen LogP contribution in [0.25, 0.3) is 0 Å². The average Bonchev–Trinajstić information content (AvgIpc) is 1.89. The van der Waals surface area contributed by atoms with Crippen LogP contribution in [0.15, 0.2) is 0 Å². The summed E-state index contributed by atoms with van der Waals surface area (Å²) in [5.41, 5.74) is 16.1. The first kappa shape index (κ1) is 8.88. The highest BCUT2D eigenvalue weighted by Crippen LogP contribution is 1.95. The van der Waals surface area contributed by atoms with E-state index in [2.05, 4.69) is 0 Å². The lowest BCUT2D eigenvalue weighted by Crippen LogP contribution is -2.29. The van der Waals surface area contributed by atoms with Crippen LogP contribution in [0.4, 0.5) is 0 Å². The third-order valence-corrected chi connectivity index (χ3v) is 1.33. The van der Waals surface area contributed by atoms with E-state index in [-0.39, 0.29) is 6.04 Å². The summed E-state index contributed by atoms with van der Waals surface area (Å²) < 4.78 is 0. The summed E-state index contributed by atoms with van der Waals surface area (Å²) in [6.07, 6.45) is 3.18. The third kappa shape index (κ3) is 5.76. The summed E-state index contributed by atoms with van der Waals surface area (Å²) in [4.78, 5) is 0. The fourth-order valence-electron chi connectivity index (χ4n) is 0.669. The first-order valence-electron chi connectivity index (χ1n) is 3.47. The molecule has 3 nitrogen and oxygen atoms in total. The molecule has 0 amide bonds. The smallest absolute Gasteiger partial charge is 0.0163 e. The number of unbranched alkanes of at least 4 members (excludes halogenated alkanes) is 1. The van der Waals surface area contributed by atoms with Gasteiger partial charge in [-0.1, -0.05) is 6.42 Å². The Bertz CT molecular complexity index is 56.3. The SMILES string of the molecule is NCCCCC(N)CN. The Labute approximate surface area is 56.6 Å². The summed E-state index contributed by atoms with van der Waals surface area (Å²) in [6.45, 7) is 1.35. The van der Waals surface area contributed by atoms with Gasteiger partial charge >= 0.3 is 0 Å². The molecule has 0 rings (SSSR count). The van der Waals surface area contributed by atoms with Gasteiger partial charge in [-0.15, -0.1) is 0 Å². The molecule has 0 aromatic heterocycles. The highest BCUT2D eigenvalue weighted by Gasteiger charge is 1.96. The van der Waals surface area contributed by atoms with Crippen LogP contribution < -0.4 is 17.2 Å². The normalized spacial score (nSPS) is 13.7. The molecule has 0 radical (unpaired) electrons. The van der Waals surface area contributed by atoms with Crippen molar-refractivity contribution < 1.29 is 0 Å². The topological polar surface area (TPSA) is 78.1 Å². The molecular weight excluding hydrogens is 114 g/mol. The van der Waals surface area contributed by atoms with E-state index in [0.29, 0.717) is 6.54 Å². The minimum Gasteiger partial charge on any atom is -0.330 e. The van der Waals surface area contributed by atoms with Crippen LogP contribution in [0, 0.1) is 0 Å². The Balaban J connectivity index is 2.88. The van der Waals surface area contributed by atoms with E-state index in [1.54, 1.807) is 0 Å². The van der Waals surface area contributed by atoms with Crippen molar-refractivity contribution in [2.75, 3.05) is 13.1 Å². The summed E-state index contributed by atoms with van der Waals surface area (Å²) in [5.74, 6) is 0. The summed E-state index contributed by atoms with van der Waals surface area (Å²) in [5, 5.41) is 0. The third-order valence-electron chi connectivity index (χ3n) is 1.33. The molecule has 0 bridgehead atoms. The fourth-order valence-corrected chi connectivity index (χ4v) is 0.669. The van der Waals surface area contributed by atoms with E-state index in [1.165, 1.54) is 0 Å². The van der Waals surface area contributed by atoms with Gasteiger partial charge < -0.3 is 17.2 Å². The van der Waals surface area contributed by atoms with Gasteiger partial charge in [-0.2, -0.15) is 0 Å². The van der Waals surface area contributed by atoms with Crippen LogP contribution in [0.3, 0.4) is 0 Å². The number of hydrogen-bond acceptors (Lipinski definition) is 3. The van der Waals surface area contributed by atoms with Gasteiger partial charge in [0.25, 0.3) is 0 Å². The molecule has 0 saturated heterocycles. The van der Waals surface area contributed by atoms with E-state index in [9.17, 15) is 0 Å². The second kappa shape index (κ2) is 6.01. The van der Waals surface area contributed by atoms with E-state index < -0.39 is 0 Å². The summed E-state index contributed by atoms with van der Waals surface area (Å²) >= 11 is 0. The quantitative estimate of drug-likeness (QED) is 0.436. The lowest BCUT2D eigenvalue weighted by atomic mass is 10.1. The molecule has 0 heterocycles. The van der Waals surface area contributed by atoms with E-state index in [0.717, 1.165) is 25.8 Å². The zero-order valence-electron chi connectivity index (χ0n) is 5.84. The Morgan fingerprint density at radius 2 is 1.78 bits per heavy atom. The predicted octanol–water partition coefficient (Wildman–Crippen LogP) is -0.599. The molecular formula is C6H17N3. The van der Waals surface area contributed by atoms with Crippen LogP contribution >= 0.6 is 0 Å². The second-order valence-corrected chi connectivity index (χ2v) is 2.28. The van der Waals surface area contributed by atoms with Gasteiger partial charge in [-0.3, -0.25) is 0 Å². The maximum absolute atomic E-state index is 5.55. The van der Waals surface area contributed by atoms with Crippen molar-refractivity contribution in [1.82, 2.24) is 0 Å². The highest BCUT2D eigenvalue weighted by molar-refractivity contribution is 4.60. The monoisotopic (exact) mass is 131 g/mol. The molecule has 1 atom stereocenters. The minimum absolute atomic E-state index is 0.177. The van der Waals surface area contributed by atoms with Gasteiger partial charge in [0.15, 0.2) is 0 Å². The van der Waals surface area contributed by atoms with Crippen LogP contribution in [-0.4, -0.2) is 19.1 Å². The number of nitrogens with two attached hydrogens (primary N) is 3. The standard InChI is InChI=1S/C6H17N3/c7-4-2-1-3-6(9)5-8/h6H,1-5,7-9H2. The van der Waals surface area contributed by atoms with Crippen molar-refractivity contribution in [3.8, 4) is 0 Å². The molecule has 0 spiro atoms. The molecule has 0 aromatic carbocycles. The lowest BCUT2D eigenvalue weighted by Gasteiger charge is -2.05. The average molecular weight is 131 g/mol. The van der Waals surface area contributed by atoms with Crippen molar-refractivity contribution in [2.24, 2.45) is 17.2 Å². The highest BCUT2D eigenvalue weighted by atomic mass is 14.7. The second-order valence-electron chi connectivity index (χ2n) is 2.28. The van der Waals surface area contributed by atoms with Crippen molar-refractivity contribution in [1.29, 1.82) is 0 Å². The summed E-state index contributed by atoms with van der Waals surface area (Å²) in [6, 6.07) is 0.177. The first-order valence-corrected chi connectivity index (χ1v) is 3.47. The Hall–Kier alpha value is -0.120. The minimum atomic E-state index is 0.177. The van der Waals surface area contributed by atoms with Gasteiger partial charge in [0.1, 0.15) is 0 Å². The maximum Gasteiger partial charge on any atom is 0.0163 e. The van der Waals surface area contributed by atoms with Gasteiger partial charge in [0.05, 0.1) is 0 Å². The Kier molecular flexibility index (Phi) is 5.93. The maximum atomic E-state index is 5.55. The molecule has 56 valence electrons. The van der Waals surface area contributed by atoms with E-state index >= 15 is 0 Å².